The maximum absolute atomic E-state index is 5.29. The van der Waals surface area contributed by atoms with Gasteiger partial charge in [0, 0.05) is 43.0 Å². The van der Waals surface area contributed by atoms with E-state index in [1.165, 1.54) is 25.8 Å². The smallest absolute Gasteiger partial charge is 0.217 e. The molecule has 2 fully saturated rings. The van der Waals surface area contributed by atoms with Crippen molar-refractivity contribution in [3.63, 3.8) is 0 Å². The van der Waals surface area contributed by atoms with Crippen molar-refractivity contribution in [3.8, 4) is 5.88 Å². The first-order valence-corrected chi connectivity index (χ1v) is 7.25. The lowest BCUT2D eigenvalue weighted by Crippen LogP contribution is -2.33. The van der Waals surface area contributed by atoms with Gasteiger partial charge in [0.2, 0.25) is 5.88 Å². The standard InChI is InChI=1S/C15H23N3O/c1-11-8-13(10-18(11)14-5-6-14)17-9-12-4-3-7-16-15(12)19-2/h3-4,7,11,13-14,17H,5-6,8-10H2,1-2H3. The molecule has 2 aliphatic rings. The van der Waals surface area contributed by atoms with Gasteiger partial charge in [0.1, 0.15) is 0 Å². The van der Waals surface area contributed by atoms with Crippen LogP contribution in [0.5, 0.6) is 5.88 Å². The number of methoxy groups -OCH3 is 1. The van der Waals surface area contributed by atoms with Crippen LogP contribution in [0.15, 0.2) is 18.3 Å². The molecule has 0 radical (unpaired) electrons. The fourth-order valence-electron chi connectivity index (χ4n) is 3.12. The first kappa shape index (κ1) is 12.9. The van der Waals surface area contributed by atoms with Gasteiger partial charge in [0.05, 0.1) is 7.11 Å². The van der Waals surface area contributed by atoms with Gasteiger partial charge >= 0.3 is 0 Å². The van der Waals surface area contributed by atoms with Gasteiger partial charge in [-0.25, -0.2) is 4.98 Å². The summed E-state index contributed by atoms with van der Waals surface area (Å²) >= 11 is 0. The summed E-state index contributed by atoms with van der Waals surface area (Å²) in [6.45, 7) is 4.38. The Labute approximate surface area is 115 Å². The molecule has 19 heavy (non-hydrogen) atoms. The van der Waals surface area contributed by atoms with E-state index in [4.69, 9.17) is 4.74 Å². The summed E-state index contributed by atoms with van der Waals surface area (Å²) in [5, 5.41) is 3.65. The van der Waals surface area contributed by atoms with E-state index in [2.05, 4.69) is 28.2 Å². The van der Waals surface area contributed by atoms with Crippen LogP contribution < -0.4 is 10.1 Å². The first-order valence-electron chi connectivity index (χ1n) is 7.25. The number of pyridine rings is 1. The van der Waals surface area contributed by atoms with E-state index < -0.39 is 0 Å². The van der Waals surface area contributed by atoms with E-state index in [1.54, 1.807) is 13.3 Å². The molecule has 4 nitrogen and oxygen atoms in total. The molecule has 2 heterocycles. The highest BCUT2D eigenvalue weighted by Gasteiger charge is 2.38. The van der Waals surface area contributed by atoms with Gasteiger partial charge in [0.15, 0.2) is 0 Å². The number of hydrogen-bond donors (Lipinski definition) is 1. The number of nitrogens with one attached hydrogen (secondary N) is 1. The van der Waals surface area contributed by atoms with Crippen molar-refractivity contribution in [3.05, 3.63) is 23.9 Å². The molecule has 104 valence electrons. The van der Waals surface area contributed by atoms with Crippen LogP contribution in [0.1, 0.15) is 31.7 Å². The van der Waals surface area contributed by atoms with Gasteiger partial charge in [-0.3, -0.25) is 4.90 Å². The lowest BCUT2D eigenvalue weighted by molar-refractivity contribution is 0.255. The molecule has 1 aromatic heterocycles. The molecule has 1 aliphatic heterocycles. The van der Waals surface area contributed by atoms with E-state index in [-0.39, 0.29) is 0 Å². The highest BCUT2D eigenvalue weighted by Crippen LogP contribution is 2.33. The van der Waals surface area contributed by atoms with Crippen LogP contribution in [0.2, 0.25) is 0 Å². The second-order valence-electron chi connectivity index (χ2n) is 5.76. The highest BCUT2D eigenvalue weighted by atomic mass is 16.5. The Hall–Kier alpha value is -1.13. The maximum Gasteiger partial charge on any atom is 0.217 e. The van der Waals surface area contributed by atoms with Crippen LogP contribution in [-0.2, 0) is 6.54 Å². The zero-order chi connectivity index (χ0) is 13.2. The van der Waals surface area contributed by atoms with Gasteiger partial charge in [-0.05, 0) is 32.3 Å². The number of hydrogen-bond acceptors (Lipinski definition) is 4. The summed E-state index contributed by atoms with van der Waals surface area (Å²) in [7, 11) is 1.68. The van der Waals surface area contributed by atoms with Crippen LogP contribution in [0, 0.1) is 0 Å². The second kappa shape index (κ2) is 5.47. The predicted molar refractivity (Wildman–Crippen MR) is 75.2 cm³/mol. The Morgan fingerprint density at radius 3 is 3.05 bits per heavy atom. The zero-order valence-electron chi connectivity index (χ0n) is 11.8. The van der Waals surface area contributed by atoms with E-state index in [9.17, 15) is 0 Å². The third-order valence-electron chi connectivity index (χ3n) is 4.26. The summed E-state index contributed by atoms with van der Waals surface area (Å²) in [6.07, 6.45) is 5.81. The number of ether oxygens (including phenoxy) is 1. The van der Waals surface area contributed by atoms with Gasteiger partial charge < -0.3 is 10.1 Å². The fourth-order valence-corrected chi connectivity index (χ4v) is 3.12. The molecule has 0 spiro atoms. The van der Waals surface area contributed by atoms with E-state index in [0.717, 1.165) is 30.1 Å². The molecule has 1 aliphatic carbocycles. The molecule has 0 aromatic carbocycles. The summed E-state index contributed by atoms with van der Waals surface area (Å²) in [6, 6.07) is 6.24. The van der Waals surface area contributed by atoms with Gasteiger partial charge in [-0.1, -0.05) is 6.07 Å². The molecule has 1 saturated carbocycles. The Morgan fingerprint density at radius 1 is 1.47 bits per heavy atom. The van der Waals surface area contributed by atoms with Crippen LogP contribution >= 0.6 is 0 Å². The lowest BCUT2D eigenvalue weighted by atomic mass is 10.2. The minimum absolute atomic E-state index is 0.598. The summed E-state index contributed by atoms with van der Waals surface area (Å²) < 4.78 is 5.29. The van der Waals surface area contributed by atoms with Gasteiger partial charge in [0.25, 0.3) is 0 Å². The van der Waals surface area contributed by atoms with Crippen molar-refractivity contribution in [1.29, 1.82) is 0 Å². The Bertz CT molecular complexity index is 433. The fraction of sp³-hybridized carbons (Fsp3) is 0.667. The summed E-state index contributed by atoms with van der Waals surface area (Å²) in [5.74, 6) is 0.736. The van der Waals surface area contributed by atoms with Crippen molar-refractivity contribution in [2.75, 3.05) is 13.7 Å². The topological polar surface area (TPSA) is 37.4 Å². The molecular formula is C15H23N3O. The highest BCUT2D eigenvalue weighted by molar-refractivity contribution is 5.25. The largest absolute Gasteiger partial charge is 0.481 e. The van der Waals surface area contributed by atoms with Crippen molar-refractivity contribution in [1.82, 2.24) is 15.2 Å². The van der Waals surface area contributed by atoms with Gasteiger partial charge in [-0.15, -0.1) is 0 Å². The van der Waals surface area contributed by atoms with Crippen LogP contribution in [-0.4, -0.2) is 41.7 Å². The molecule has 0 bridgehead atoms. The van der Waals surface area contributed by atoms with Crippen molar-refractivity contribution >= 4 is 0 Å². The van der Waals surface area contributed by atoms with Crippen molar-refractivity contribution in [2.24, 2.45) is 0 Å². The number of likely N-dealkylation sites (tertiary alicyclic amines) is 1. The normalized spacial score (nSPS) is 27.7. The molecule has 4 heteroatoms. The van der Waals surface area contributed by atoms with E-state index >= 15 is 0 Å². The number of rotatable bonds is 5. The van der Waals surface area contributed by atoms with E-state index in [1.807, 2.05) is 6.07 Å². The summed E-state index contributed by atoms with van der Waals surface area (Å²) in [5.41, 5.74) is 1.14. The first-order chi connectivity index (χ1) is 9.28. The Kier molecular flexibility index (Phi) is 3.71. The molecule has 1 aromatic rings. The number of aromatic nitrogens is 1. The minimum Gasteiger partial charge on any atom is -0.481 e. The maximum atomic E-state index is 5.29. The zero-order valence-corrected chi connectivity index (χ0v) is 11.8. The third-order valence-corrected chi connectivity index (χ3v) is 4.26. The van der Waals surface area contributed by atoms with Crippen LogP contribution in [0.25, 0.3) is 0 Å². The Balaban J connectivity index is 1.55. The quantitative estimate of drug-likeness (QED) is 0.877. The molecule has 3 rings (SSSR count). The molecular weight excluding hydrogens is 238 g/mol. The molecule has 1 N–H and O–H groups in total. The predicted octanol–water partition coefficient (Wildman–Crippen LogP) is 1.80. The van der Waals surface area contributed by atoms with Crippen molar-refractivity contribution < 1.29 is 4.74 Å². The Morgan fingerprint density at radius 2 is 2.32 bits per heavy atom. The molecule has 2 atom stereocenters. The second-order valence-corrected chi connectivity index (χ2v) is 5.76. The molecule has 0 amide bonds. The lowest BCUT2D eigenvalue weighted by Gasteiger charge is -2.19. The van der Waals surface area contributed by atoms with E-state index in [0.29, 0.717) is 6.04 Å². The number of nitrogens with zero attached hydrogens (tertiary/aromatic N) is 2. The van der Waals surface area contributed by atoms with Crippen molar-refractivity contribution in [2.45, 2.75) is 50.9 Å². The average Bonchev–Trinajstić information content (AvgIpc) is 3.21. The van der Waals surface area contributed by atoms with Gasteiger partial charge in [-0.2, -0.15) is 0 Å². The summed E-state index contributed by atoms with van der Waals surface area (Å²) in [4.78, 5) is 6.90. The molecule has 1 saturated heterocycles. The molecule has 2 unspecified atom stereocenters. The third kappa shape index (κ3) is 2.90. The average molecular weight is 261 g/mol. The minimum atomic E-state index is 0.598. The van der Waals surface area contributed by atoms with Crippen LogP contribution in [0.4, 0.5) is 0 Å². The monoisotopic (exact) mass is 261 g/mol. The SMILES string of the molecule is COc1ncccc1CNC1CC(C)N(C2CC2)C1. The van der Waals surface area contributed by atoms with Crippen LogP contribution in [0.3, 0.4) is 0 Å².